The van der Waals surface area contributed by atoms with Crippen molar-refractivity contribution in [1.82, 2.24) is 5.43 Å². The highest BCUT2D eigenvalue weighted by Crippen LogP contribution is 2.42. The molecule has 0 amide bonds. The molecule has 2 atom stereocenters. The highest BCUT2D eigenvalue weighted by atomic mass is 32.2. The molecule has 0 aliphatic carbocycles. The van der Waals surface area contributed by atoms with Crippen molar-refractivity contribution in [3.05, 3.63) is 29.8 Å². The molecule has 0 saturated carbocycles. The van der Waals surface area contributed by atoms with Gasteiger partial charge < -0.3 is 4.74 Å². The van der Waals surface area contributed by atoms with Crippen molar-refractivity contribution in [2.75, 3.05) is 12.9 Å². The molecule has 0 bridgehead atoms. The van der Waals surface area contributed by atoms with Gasteiger partial charge >= 0.3 is 0 Å². The van der Waals surface area contributed by atoms with Gasteiger partial charge in [0.05, 0.1) is 5.60 Å². The number of benzene rings is 1. The molecule has 3 nitrogen and oxygen atoms in total. The highest BCUT2D eigenvalue weighted by molar-refractivity contribution is 7.99. The molecule has 0 aromatic heterocycles. The first-order valence-corrected chi connectivity index (χ1v) is 7.79. The molecule has 0 radical (unpaired) electrons. The van der Waals surface area contributed by atoms with Gasteiger partial charge in [0.1, 0.15) is 0 Å². The molecule has 3 N–H and O–H groups in total. The van der Waals surface area contributed by atoms with E-state index in [9.17, 15) is 0 Å². The lowest BCUT2D eigenvalue weighted by atomic mass is 9.88. The Morgan fingerprint density at radius 3 is 2.89 bits per heavy atom. The van der Waals surface area contributed by atoms with E-state index in [1.807, 2.05) is 11.8 Å². The van der Waals surface area contributed by atoms with Gasteiger partial charge in [-0.1, -0.05) is 18.2 Å². The zero-order valence-corrected chi connectivity index (χ0v) is 12.8. The summed E-state index contributed by atoms with van der Waals surface area (Å²) < 4.78 is 5.49. The standard InChI is InChI=1S/C15H24N2OS/c1-15(2,18-3)9-8-13(17-16)12-10-19-14-7-5-4-6-11(12)14/h4-7,12-13,17H,8-10,16H2,1-3H3. The van der Waals surface area contributed by atoms with Gasteiger partial charge in [-0.05, 0) is 38.3 Å². The van der Waals surface area contributed by atoms with Crippen LogP contribution in [-0.4, -0.2) is 24.5 Å². The molecule has 2 rings (SSSR count). The zero-order chi connectivity index (χ0) is 13.9. The van der Waals surface area contributed by atoms with Crippen molar-refractivity contribution >= 4 is 11.8 Å². The van der Waals surface area contributed by atoms with Crippen LogP contribution in [0.2, 0.25) is 0 Å². The van der Waals surface area contributed by atoms with Gasteiger partial charge in [0.2, 0.25) is 0 Å². The summed E-state index contributed by atoms with van der Waals surface area (Å²) in [7, 11) is 1.77. The lowest BCUT2D eigenvalue weighted by Crippen LogP contribution is -2.41. The first-order valence-electron chi connectivity index (χ1n) is 6.80. The van der Waals surface area contributed by atoms with Crippen LogP contribution in [0, 0.1) is 0 Å². The fourth-order valence-electron chi connectivity index (χ4n) is 2.53. The van der Waals surface area contributed by atoms with Crippen LogP contribution in [0.15, 0.2) is 29.2 Å². The van der Waals surface area contributed by atoms with Crippen LogP contribution in [0.4, 0.5) is 0 Å². The van der Waals surface area contributed by atoms with Crippen molar-refractivity contribution in [3.8, 4) is 0 Å². The molecule has 1 aromatic carbocycles. The second kappa shape index (κ2) is 6.27. The summed E-state index contributed by atoms with van der Waals surface area (Å²) in [5.41, 5.74) is 4.37. The number of fused-ring (bicyclic) bond motifs is 1. The van der Waals surface area contributed by atoms with Crippen molar-refractivity contribution in [3.63, 3.8) is 0 Å². The smallest absolute Gasteiger partial charge is 0.0623 e. The molecule has 2 unspecified atom stereocenters. The number of hydrogen-bond acceptors (Lipinski definition) is 4. The van der Waals surface area contributed by atoms with E-state index in [0.717, 1.165) is 18.6 Å². The molecule has 1 aliphatic rings. The molecule has 0 fully saturated rings. The van der Waals surface area contributed by atoms with E-state index in [-0.39, 0.29) is 5.60 Å². The predicted molar refractivity (Wildman–Crippen MR) is 81.3 cm³/mol. The minimum Gasteiger partial charge on any atom is -0.379 e. The summed E-state index contributed by atoms with van der Waals surface area (Å²) in [6.07, 6.45) is 2.03. The first-order chi connectivity index (χ1) is 9.07. The number of methoxy groups -OCH3 is 1. The summed E-state index contributed by atoms with van der Waals surface area (Å²) in [4.78, 5) is 1.40. The Balaban J connectivity index is 2.04. The van der Waals surface area contributed by atoms with Gasteiger partial charge in [0, 0.05) is 29.7 Å². The minimum atomic E-state index is -0.0830. The Morgan fingerprint density at radius 2 is 2.21 bits per heavy atom. The van der Waals surface area contributed by atoms with Gasteiger partial charge in [0.25, 0.3) is 0 Å². The second-order valence-corrected chi connectivity index (χ2v) is 6.79. The van der Waals surface area contributed by atoms with Crippen molar-refractivity contribution in [2.24, 2.45) is 5.84 Å². The molecule has 0 spiro atoms. The quantitative estimate of drug-likeness (QED) is 0.621. The zero-order valence-electron chi connectivity index (χ0n) is 12.0. The number of nitrogens with two attached hydrogens (primary N) is 1. The number of ether oxygens (including phenoxy) is 1. The summed E-state index contributed by atoms with van der Waals surface area (Å²) in [6.45, 7) is 4.25. The number of thioether (sulfide) groups is 1. The van der Waals surface area contributed by atoms with Crippen LogP contribution in [0.5, 0.6) is 0 Å². The Bertz CT molecular complexity index is 422. The normalized spacial score (nSPS) is 20.3. The van der Waals surface area contributed by atoms with Gasteiger partial charge in [0.15, 0.2) is 0 Å². The van der Waals surface area contributed by atoms with Gasteiger partial charge in [-0.2, -0.15) is 0 Å². The summed E-state index contributed by atoms with van der Waals surface area (Å²) in [5, 5.41) is 0. The lowest BCUT2D eigenvalue weighted by Gasteiger charge is -2.28. The average molecular weight is 280 g/mol. The topological polar surface area (TPSA) is 47.3 Å². The monoisotopic (exact) mass is 280 g/mol. The van der Waals surface area contributed by atoms with Crippen LogP contribution in [-0.2, 0) is 4.74 Å². The van der Waals surface area contributed by atoms with E-state index in [1.54, 1.807) is 7.11 Å². The predicted octanol–water partition coefficient (Wildman–Crippen LogP) is 2.91. The molecule has 19 heavy (non-hydrogen) atoms. The van der Waals surface area contributed by atoms with Gasteiger partial charge in [-0.3, -0.25) is 11.3 Å². The average Bonchev–Trinajstić information content (AvgIpc) is 2.84. The molecule has 4 heteroatoms. The Labute approximate surface area is 120 Å². The van der Waals surface area contributed by atoms with Gasteiger partial charge in [-0.15, -0.1) is 11.8 Å². The maximum atomic E-state index is 5.78. The number of nitrogens with one attached hydrogen (secondary N) is 1. The molecule has 106 valence electrons. The fraction of sp³-hybridized carbons (Fsp3) is 0.600. The maximum absolute atomic E-state index is 5.78. The van der Waals surface area contributed by atoms with E-state index >= 15 is 0 Å². The minimum absolute atomic E-state index is 0.0830. The first kappa shape index (κ1) is 14.9. The maximum Gasteiger partial charge on any atom is 0.0623 e. The number of hydrazine groups is 1. The van der Waals surface area contributed by atoms with Crippen LogP contribution < -0.4 is 11.3 Å². The van der Waals surface area contributed by atoms with E-state index in [0.29, 0.717) is 12.0 Å². The SMILES string of the molecule is COC(C)(C)CCC(NN)C1CSc2ccccc21. The van der Waals surface area contributed by atoms with Crippen LogP contribution >= 0.6 is 11.8 Å². The van der Waals surface area contributed by atoms with Crippen molar-refractivity contribution < 1.29 is 4.74 Å². The summed E-state index contributed by atoms with van der Waals surface area (Å²) >= 11 is 1.93. The van der Waals surface area contributed by atoms with E-state index in [1.165, 1.54) is 10.5 Å². The van der Waals surface area contributed by atoms with Crippen LogP contribution in [0.1, 0.15) is 38.2 Å². The van der Waals surface area contributed by atoms with Crippen LogP contribution in [0.25, 0.3) is 0 Å². The third-order valence-electron chi connectivity index (χ3n) is 4.05. The molecule has 1 aliphatic heterocycles. The van der Waals surface area contributed by atoms with E-state index in [4.69, 9.17) is 10.6 Å². The van der Waals surface area contributed by atoms with E-state index in [2.05, 4.69) is 43.5 Å². The third-order valence-corrected chi connectivity index (χ3v) is 5.26. The van der Waals surface area contributed by atoms with Gasteiger partial charge in [-0.25, -0.2) is 0 Å². The van der Waals surface area contributed by atoms with Crippen LogP contribution in [0.3, 0.4) is 0 Å². The highest BCUT2D eigenvalue weighted by Gasteiger charge is 2.30. The second-order valence-electron chi connectivity index (χ2n) is 5.73. The Morgan fingerprint density at radius 1 is 1.47 bits per heavy atom. The summed E-state index contributed by atoms with van der Waals surface area (Å²) in [6, 6.07) is 8.96. The molecular formula is C15H24N2OS. The number of rotatable bonds is 6. The molecule has 0 saturated heterocycles. The van der Waals surface area contributed by atoms with E-state index < -0.39 is 0 Å². The third kappa shape index (κ3) is 3.51. The largest absolute Gasteiger partial charge is 0.379 e. The molecule has 1 heterocycles. The molecular weight excluding hydrogens is 256 g/mol. The molecule has 1 aromatic rings. The van der Waals surface area contributed by atoms with Crippen molar-refractivity contribution in [1.29, 1.82) is 0 Å². The van der Waals surface area contributed by atoms with Crippen molar-refractivity contribution in [2.45, 2.75) is 49.1 Å². The Hall–Kier alpha value is -0.550. The fourth-order valence-corrected chi connectivity index (χ4v) is 3.86. The number of hydrogen-bond donors (Lipinski definition) is 2. The summed E-state index contributed by atoms with van der Waals surface area (Å²) in [5.74, 6) is 7.39. The lowest BCUT2D eigenvalue weighted by molar-refractivity contribution is 0.0112. The Kier molecular flexibility index (Phi) is 4.90.